The van der Waals surface area contributed by atoms with Crippen LogP contribution in [-0.2, 0) is 0 Å². The second-order valence-corrected chi connectivity index (χ2v) is 5.26. The fourth-order valence-corrected chi connectivity index (χ4v) is 2.84. The topological polar surface area (TPSA) is 35.2 Å². The molecule has 0 radical (unpaired) electrons. The van der Waals surface area contributed by atoms with Crippen molar-refractivity contribution in [3.05, 3.63) is 66.6 Å². The maximum Gasteiger partial charge on any atom is 0.139 e. The molecule has 1 aliphatic rings. The Kier molecular flexibility index (Phi) is 2.67. The van der Waals surface area contributed by atoms with Crippen molar-refractivity contribution < 1.29 is 0 Å². The molecule has 0 bridgehead atoms. The monoisotopic (exact) mass is 276 g/mol. The second kappa shape index (κ2) is 4.66. The summed E-state index contributed by atoms with van der Waals surface area (Å²) in [5.74, 6) is 0. The molecule has 3 heterocycles. The van der Waals surface area contributed by atoms with E-state index in [1.54, 1.807) is 0 Å². The Bertz CT molecular complexity index is 804. The summed E-state index contributed by atoms with van der Waals surface area (Å²) in [7, 11) is 2.12. The number of H-pyrrole nitrogens is 1. The normalized spacial score (nSPS) is 14.8. The minimum absolute atomic E-state index is 0.842. The van der Waals surface area contributed by atoms with E-state index < -0.39 is 0 Å². The van der Waals surface area contributed by atoms with Crippen molar-refractivity contribution in [1.82, 2.24) is 14.9 Å². The molecule has 2 aromatic heterocycles. The molecule has 0 unspecified atom stereocenters. The van der Waals surface area contributed by atoms with E-state index in [0.29, 0.717) is 0 Å². The third-order valence-electron chi connectivity index (χ3n) is 3.87. The molecular formula is C17H16N4. The van der Waals surface area contributed by atoms with Crippen LogP contribution in [0.2, 0.25) is 0 Å². The highest BCUT2D eigenvalue weighted by atomic mass is 15.3. The van der Waals surface area contributed by atoms with Gasteiger partial charge in [0.1, 0.15) is 5.65 Å². The van der Waals surface area contributed by atoms with Crippen LogP contribution in [-0.4, -0.2) is 28.6 Å². The summed E-state index contributed by atoms with van der Waals surface area (Å²) < 4.78 is 0. The van der Waals surface area contributed by atoms with E-state index in [4.69, 9.17) is 0 Å². The number of pyridine rings is 1. The van der Waals surface area contributed by atoms with Crippen molar-refractivity contribution in [1.29, 1.82) is 0 Å². The number of benzene rings is 1. The minimum atomic E-state index is 0.842. The number of anilines is 1. The first kappa shape index (κ1) is 12.0. The molecule has 3 aromatic rings. The first-order valence-corrected chi connectivity index (χ1v) is 7.00. The van der Waals surface area contributed by atoms with Gasteiger partial charge in [0, 0.05) is 31.0 Å². The van der Waals surface area contributed by atoms with Crippen LogP contribution in [0.3, 0.4) is 0 Å². The lowest BCUT2D eigenvalue weighted by Crippen LogP contribution is -2.23. The van der Waals surface area contributed by atoms with Crippen LogP contribution >= 0.6 is 0 Å². The number of rotatable bonds is 2. The Morgan fingerprint density at radius 1 is 1.10 bits per heavy atom. The summed E-state index contributed by atoms with van der Waals surface area (Å²) in [5, 5.41) is 1.15. The predicted molar refractivity (Wildman–Crippen MR) is 85.6 cm³/mol. The molecule has 0 saturated heterocycles. The predicted octanol–water partition coefficient (Wildman–Crippen LogP) is 3.27. The van der Waals surface area contributed by atoms with Gasteiger partial charge < -0.3 is 14.8 Å². The number of aromatic amines is 1. The number of nitrogens with zero attached hydrogens (tertiary/aromatic N) is 3. The number of hydrogen-bond acceptors (Lipinski definition) is 3. The molecule has 1 N–H and O–H groups in total. The van der Waals surface area contributed by atoms with Crippen molar-refractivity contribution in [3.8, 4) is 0 Å². The molecule has 104 valence electrons. The Balaban J connectivity index is 1.78. The van der Waals surface area contributed by atoms with Gasteiger partial charge in [-0.2, -0.15) is 0 Å². The van der Waals surface area contributed by atoms with Gasteiger partial charge in [0.2, 0.25) is 0 Å². The van der Waals surface area contributed by atoms with E-state index in [-0.39, 0.29) is 0 Å². The van der Waals surface area contributed by atoms with Gasteiger partial charge in [-0.1, -0.05) is 30.3 Å². The fourth-order valence-electron chi connectivity index (χ4n) is 2.84. The quantitative estimate of drug-likeness (QED) is 0.780. The molecule has 4 nitrogen and oxygen atoms in total. The van der Waals surface area contributed by atoms with E-state index >= 15 is 0 Å². The Morgan fingerprint density at radius 2 is 1.95 bits per heavy atom. The van der Waals surface area contributed by atoms with Crippen molar-refractivity contribution in [3.63, 3.8) is 0 Å². The molecule has 0 fully saturated rings. The summed E-state index contributed by atoms with van der Waals surface area (Å²) >= 11 is 0. The van der Waals surface area contributed by atoms with Gasteiger partial charge in [0.15, 0.2) is 0 Å². The van der Waals surface area contributed by atoms with Gasteiger partial charge in [0.25, 0.3) is 0 Å². The zero-order valence-electron chi connectivity index (χ0n) is 11.8. The SMILES string of the molecule is CN1CN(c2ccnc3[nH]ccc23)C=C1c1ccccc1. The summed E-state index contributed by atoms with van der Waals surface area (Å²) in [4.78, 5) is 12.0. The Hall–Kier alpha value is -2.75. The minimum Gasteiger partial charge on any atom is -0.355 e. The van der Waals surface area contributed by atoms with Gasteiger partial charge in [-0.15, -0.1) is 0 Å². The summed E-state index contributed by atoms with van der Waals surface area (Å²) in [6.07, 6.45) is 5.99. The average molecular weight is 276 g/mol. The van der Waals surface area contributed by atoms with Crippen LogP contribution in [0, 0.1) is 0 Å². The molecule has 0 aliphatic carbocycles. The molecule has 0 spiro atoms. The fraction of sp³-hybridized carbons (Fsp3) is 0.118. The summed E-state index contributed by atoms with van der Waals surface area (Å²) in [6, 6.07) is 14.6. The molecule has 0 saturated carbocycles. The van der Waals surface area contributed by atoms with Crippen molar-refractivity contribution in [2.24, 2.45) is 0 Å². The van der Waals surface area contributed by atoms with Crippen LogP contribution in [0.4, 0.5) is 5.69 Å². The standard InChI is InChI=1S/C17H16N4/c1-20-12-21(11-16(20)13-5-3-2-4-6-13)15-8-10-19-17-14(15)7-9-18-17/h2-11H,12H2,1H3,(H,18,19). The smallest absolute Gasteiger partial charge is 0.139 e. The summed E-state index contributed by atoms with van der Waals surface area (Å²) in [6.45, 7) is 0.842. The van der Waals surface area contributed by atoms with Crippen LogP contribution in [0.15, 0.2) is 61.1 Å². The van der Waals surface area contributed by atoms with E-state index in [2.05, 4.69) is 69.4 Å². The molecule has 4 heteroatoms. The van der Waals surface area contributed by atoms with Crippen LogP contribution in [0.1, 0.15) is 5.56 Å². The lowest BCUT2D eigenvalue weighted by atomic mass is 10.1. The van der Waals surface area contributed by atoms with E-state index in [0.717, 1.165) is 17.7 Å². The molecule has 1 aromatic carbocycles. The molecule has 1 aliphatic heterocycles. The third kappa shape index (κ3) is 1.96. The largest absolute Gasteiger partial charge is 0.355 e. The van der Waals surface area contributed by atoms with Gasteiger partial charge >= 0.3 is 0 Å². The first-order valence-electron chi connectivity index (χ1n) is 7.00. The van der Waals surface area contributed by atoms with E-state index in [9.17, 15) is 0 Å². The van der Waals surface area contributed by atoms with Gasteiger partial charge in [-0.3, -0.25) is 0 Å². The maximum atomic E-state index is 4.35. The van der Waals surface area contributed by atoms with Gasteiger partial charge in [-0.05, 0) is 17.7 Å². The van der Waals surface area contributed by atoms with Crippen molar-refractivity contribution >= 4 is 22.4 Å². The van der Waals surface area contributed by atoms with Gasteiger partial charge in [-0.25, -0.2) is 4.98 Å². The van der Waals surface area contributed by atoms with Crippen molar-refractivity contribution in [2.45, 2.75) is 0 Å². The first-order chi connectivity index (χ1) is 10.3. The van der Waals surface area contributed by atoms with E-state index in [1.807, 2.05) is 18.5 Å². The van der Waals surface area contributed by atoms with Crippen LogP contribution in [0.5, 0.6) is 0 Å². The maximum absolute atomic E-state index is 4.35. The lowest BCUT2D eigenvalue weighted by molar-refractivity contribution is 0.517. The number of aromatic nitrogens is 2. The van der Waals surface area contributed by atoms with E-state index in [1.165, 1.54) is 16.9 Å². The lowest BCUT2D eigenvalue weighted by Gasteiger charge is -2.20. The molecule has 0 atom stereocenters. The molecule has 21 heavy (non-hydrogen) atoms. The number of nitrogens with one attached hydrogen (secondary N) is 1. The van der Waals surface area contributed by atoms with Crippen molar-refractivity contribution in [2.75, 3.05) is 18.6 Å². The Morgan fingerprint density at radius 3 is 2.81 bits per heavy atom. The van der Waals surface area contributed by atoms with Crippen LogP contribution < -0.4 is 4.90 Å². The molecule has 0 amide bonds. The van der Waals surface area contributed by atoms with Crippen LogP contribution in [0.25, 0.3) is 16.7 Å². The van der Waals surface area contributed by atoms with Gasteiger partial charge in [0.05, 0.1) is 18.1 Å². The zero-order valence-corrected chi connectivity index (χ0v) is 11.8. The highest BCUT2D eigenvalue weighted by Crippen LogP contribution is 2.31. The second-order valence-electron chi connectivity index (χ2n) is 5.26. The highest BCUT2D eigenvalue weighted by Gasteiger charge is 2.21. The summed E-state index contributed by atoms with van der Waals surface area (Å²) in [5.41, 5.74) is 4.58. The third-order valence-corrected chi connectivity index (χ3v) is 3.87. The zero-order chi connectivity index (χ0) is 14.2. The molecule has 4 rings (SSSR count). The number of fused-ring (bicyclic) bond motifs is 1. The number of hydrogen-bond donors (Lipinski definition) is 1. The highest BCUT2D eigenvalue weighted by molar-refractivity contribution is 5.91. The average Bonchev–Trinajstić information content (AvgIpc) is 3.14. The Labute approximate surface area is 123 Å². The molecular weight excluding hydrogens is 260 g/mol.